The molecule has 3 rings (SSSR count). The molecule has 1 fully saturated rings. The van der Waals surface area contributed by atoms with E-state index in [0.717, 1.165) is 18.2 Å². The molecule has 1 atom stereocenters. The molecule has 104 valence electrons. The third-order valence-corrected chi connectivity index (χ3v) is 3.43. The van der Waals surface area contributed by atoms with Crippen LogP contribution in [-0.4, -0.2) is 28.8 Å². The summed E-state index contributed by atoms with van der Waals surface area (Å²) in [7, 11) is 0. The van der Waals surface area contributed by atoms with E-state index in [1.165, 1.54) is 0 Å². The summed E-state index contributed by atoms with van der Waals surface area (Å²) in [6.45, 7) is 0.911. The van der Waals surface area contributed by atoms with Crippen molar-refractivity contribution in [3.63, 3.8) is 0 Å². The van der Waals surface area contributed by atoms with Crippen molar-refractivity contribution in [2.75, 3.05) is 6.61 Å². The van der Waals surface area contributed by atoms with Crippen LogP contribution in [0.4, 0.5) is 0 Å². The fourth-order valence-electron chi connectivity index (χ4n) is 2.38. The van der Waals surface area contributed by atoms with E-state index in [4.69, 9.17) is 4.74 Å². The molecule has 1 aliphatic heterocycles. The lowest BCUT2D eigenvalue weighted by Crippen LogP contribution is -2.34. The van der Waals surface area contributed by atoms with Crippen LogP contribution in [0.1, 0.15) is 18.5 Å². The van der Waals surface area contributed by atoms with Crippen LogP contribution < -0.4 is 10.9 Å². The van der Waals surface area contributed by atoms with Gasteiger partial charge >= 0.3 is 0 Å². The van der Waals surface area contributed by atoms with Gasteiger partial charge in [-0.2, -0.15) is 5.10 Å². The molecule has 0 aliphatic carbocycles. The van der Waals surface area contributed by atoms with Crippen molar-refractivity contribution in [2.24, 2.45) is 0 Å². The number of benzene rings is 1. The van der Waals surface area contributed by atoms with Gasteiger partial charge in [0.2, 0.25) is 5.91 Å². The van der Waals surface area contributed by atoms with Gasteiger partial charge in [-0.25, -0.2) is 5.10 Å². The molecule has 2 aromatic rings. The highest BCUT2D eigenvalue weighted by Gasteiger charge is 2.23. The second kappa shape index (κ2) is 5.42. The Morgan fingerprint density at radius 2 is 2.20 bits per heavy atom. The number of aromatic amines is 1. The van der Waals surface area contributed by atoms with E-state index in [2.05, 4.69) is 15.5 Å². The number of ether oxygens (including phenoxy) is 1. The summed E-state index contributed by atoms with van der Waals surface area (Å²) in [6.07, 6.45) is 1.31. The van der Waals surface area contributed by atoms with Crippen LogP contribution in [0.15, 0.2) is 29.1 Å². The molecule has 0 unspecified atom stereocenters. The fourth-order valence-corrected chi connectivity index (χ4v) is 2.38. The average molecular weight is 273 g/mol. The Balaban J connectivity index is 1.79. The maximum Gasteiger partial charge on any atom is 0.272 e. The molecular weight excluding hydrogens is 258 g/mol. The summed E-state index contributed by atoms with van der Waals surface area (Å²) >= 11 is 0. The van der Waals surface area contributed by atoms with E-state index < -0.39 is 0 Å². The third-order valence-electron chi connectivity index (χ3n) is 3.43. The van der Waals surface area contributed by atoms with E-state index in [0.29, 0.717) is 17.7 Å². The maximum atomic E-state index is 11.9. The van der Waals surface area contributed by atoms with E-state index in [1.807, 2.05) is 12.1 Å². The molecule has 6 nitrogen and oxygen atoms in total. The van der Waals surface area contributed by atoms with Crippen molar-refractivity contribution in [3.8, 4) is 0 Å². The van der Waals surface area contributed by atoms with Gasteiger partial charge in [0.05, 0.1) is 17.6 Å². The molecule has 1 aliphatic rings. The maximum absolute atomic E-state index is 11.9. The third kappa shape index (κ3) is 2.42. The summed E-state index contributed by atoms with van der Waals surface area (Å²) < 4.78 is 5.32. The van der Waals surface area contributed by atoms with Gasteiger partial charge in [-0.05, 0) is 18.9 Å². The Bertz CT molecular complexity index is 689. The molecule has 0 spiro atoms. The lowest BCUT2D eigenvalue weighted by atomic mass is 10.1. The predicted octanol–water partition coefficient (Wildman–Crippen LogP) is 0.718. The molecule has 0 bridgehead atoms. The second-order valence-electron chi connectivity index (χ2n) is 4.76. The Morgan fingerprint density at radius 3 is 2.95 bits per heavy atom. The highest BCUT2D eigenvalue weighted by atomic mass is 16.5. The average Bonchev–Trinajstić information content (AvgIpc) is 3.01. The molecule has 1 aromatic heterocycles. The van der Waals surface area contributed by atoms with Crippen molar-refractivity contribution in [3.05, 3.63) is 40.3 Å². The minimum atomic E-state index is -0.357. The van der Waals surface area contributed by atoms with Crippen molar-refractivity contribution in [1.82, 2.24) is 15.5 Å². The molecule has 1 saturated heterocycles. The Hall–Kier alpha value is -2.21. The summed E-state index contributed by atoms with van der Waals surface area (Å²) in [5, 5.41) is 10.6. The SMILES string of the molecule is O=C(NCc1n[nH]c(=O)c2ccccc12)[C@H]1CCCO1. The van der Waals surface area contributed by atoms with Crippen molar-refractivity contribution >= 4 is 16.7 Å². The van der Waals surface area contributed by atoms with E-state index in [1.54, 1.807) is 12.1 Å². The first kappa shape index (κ1) is 12.8. The highest BCUT2D eigenvalue weighted by molar-refractivity contribution is 5.84. The zero-order chi connectivity index (χ0) is 13.9. The second-order valence-corrected chi connectivity index (χ2v) is 4.76. The molecule has 1 aromatic carbocycles. The number of fused-ring (bicyclic) bond motifs is 1. The number of H-pyrrole nitrogens is 1. The minimum absolute atomic E-state index is 0.125. The highest BCUT2D eigenvalue weighted by Crippen LogP contribution is 2.14. The van der Waals surface area contributed by atoms with Crippen molar-refractivity contribution < 1.29 is 9.53 Å². The lowest BCUT2D eigenvalue weighted by Gasteiger charge is -2.10. The number of rotatable bonds is 3. The van der Waals surface area contributed by atoms with Crippen LogP contribution in [0.2, 0.25) is 0 Å². The molecule has 0 saturated carbocycles. The first-order chi connectivity index (χ1) is 9.75. The van der Waals surface area contributed by atoms with Crippen LogP contribution in [0.3, 0.4) is 0 Å². The van der Waals surface area contributed by atoms with Crippen molar-refractivity contribution in [1.29, 1.82) is 0 Å². The smallest absolute Gasteiger partial charge is 0.272 e. The molecular formula is C14H15N3O3. The Kier molecular flexibility index (Phi) is 3.47. The number of carbonyl (C=O) groups is 1. The first-order valence-corrected chi connectivity index (χ1v) is 6.61. The van der Waals surface area contributed by atoms with Crippen LogP contribution in [0, 0.1) is 0 Å². The number of nitrogens with one attached hydrogen (secondary N) is 2. The van der Waals surface area contributed by atoms with Gasteiger partial charge in [0, 0.05) is 12.0 Å². The quantitative estimate of drug-likeness (QED) is 0.863. The van der Waals surface area contributed by atoms with Crippen LogP contribution in [0.25, 0.3) is 10.8 Å². The number of hydrogen-bond donors (Lipinski definition) is 2. The van der Waals surface area contributed by atoms with Gasteiger partial charge in [-0.1, -0.05) is 18.2 Å². The number of carbonyl (C=O) groups excluding carboxylic acids is 1. The van der Waals surface area contributed by atoms with Crippen molar-refractivity contribution in [2.45, 2.75) is 25.5 Å². The van der Waals surface area contributed by atoms with Gasteiger partial charge in [-0.3, -0.25) is 9.59 Å². The molecule has 1 amide bonds. The van der Waals surface area contributed by atoms with Gasteiger partial charge in [0.25, 0.3) is 5.56 Å². The summed E-state index contributed by atoms with van der Waals surface area (Å²) in [4.78, 5) is 23.5. The van der Waals surface area contributed by atoms with Gasteiger partial charge < -0.3 is 10.1 Å². The number of nitrogens with zero attached hydrogens (tertiary/aromatic N) is 1. The molecule has 0 radical (unpaired) electrons. The molecule has 20 heavy (non-hydrogen) atoms. The molecule has 6 heteroatoms. The first-order valence-electron chi connectivity index (χ1n) is 6.61. The lowest BCUT2D eigenvalue weighted by molar-refractivity contribution is -0.130. The molecule has 2 heterocycles. The normalized spacial score (nSPS) is 18.3. The van der Waals surface area contributed by atoms with E-state index in [9.17, 15) is 9.59 Å². The van der Waals surface area contributed by atoms with Gasteiger partial charge in [0.1, 0.15) is 6.10 Å². The number of hydrogen-bond acceptors (Lipinski definition) is 4. The summed E-state index contributed by atoms with van der Waals surface area (Å²) in [6, 6.07) is 7.20. The Labute approximate surface area is 115 Å². The number of aromatic nitrogens is 2. The Morgan fingerprint density at radius 1 is 1.40 bits per heavy atom. The summed E-state index contributed by atoms with van der Waals surface area (Å²) in [5.41, 5.74) is 0.418. The fraction of sp³-hybridized carbons (Fsp3) is 0.357. The van der Waals surface area contributed by atoms with Crippen LogP contribution >= 0.6 is 0 Å². The van der Waals surface area contributed by atoms with Crippen LogP contribution in [-0.2, 0) is 16.1 Å². The predicted molar refractivity (Wildman–Crippen MR) is 73.2 cm³/mol. The standard InChI is InChI=1S/C14H15N3O3/c18-13-10-5-2-1-4-9(10)11(16-17-13)8-15-14(19)12-6-3-7-20-12/h1-2,4-5,12H,3,6-8H2,(H,15,19)(H,17,18)/t12-/m1/s1. The zero-order valence-corrected chi connectivity index (χ0v) is 10.9. The van der Waals surface area contributed by atoms with Gasteiger partial charge in [-0.15, -0.1) is 0 Å². The minimum Gasteiger partial charge on any atom is -0.368 e. The zero-order valence-electron chi connectivity index (χ0n) is 10.9. The topological polar surface area (TPSA) is 84.1 Å². The largest absolute Gasteiger partial charge is 0.368 e. The number of amides is 1. The van der Waals surface area contributed by atoms with Crippen LogP contribution in [0.5, 0.6) is 0 Å². The van der Waals surface area contributed by atoms with E-state index in [-0.39, 0.29) is 24.1 Å². The molecule has 2 N–H and O–H groups in total. The van der Waals surface area contributed by atoms with E-state index >= 15 is 0 Å². The summed E-state index contributed by atoms with van der Waals surface area (Å²) in [5.74, 6) is -0.125. The van der Waals surface area contributed by atoms with Gasteiger partial charge in [0.15, 0.2) is 0 Å². The monoisotopic (exact) mass is 273 g/mol.